The predicted octanol–water partition coefficient (Wildman–Crippen LogP) is 5.50. The summed E-state index contributed by atoms with van der Waals surface area (Å²) in [6, 6.07) is 0. The lowest BCUT2D eigenvalue weighted by molar-refractivity contribution is 0.824. The van der Waals surface area contributed by atoms with Crippen LogP contribution in [0.5, 0.6) is 0 Å². The fraction of sp³-hybridized carbons (Fsp3) is 1.00. The first kappa shape index (κ1) is 23.0. The van der Waals surface area contributed by atoms with Gasteiger partial charge in [-0.05, 0) is 0 Å². The van der Waals surface area contributed by atoms with Crippen molar-refractivity contribution >= 4 is 116 Å². The third-order valence-corrected chi connectivity index (χ3v) is 4.45. The average Bonchev–Trinajstić information content (AvgIpc) is 1.83. The molecule has 0 saturated carbocycles. The quantitative estimate of drug-likeness (QED) is 0.462. The van der Waals surface area contributed by atoms with E-state index >= 15 is 0 Å². The van der Waals surface area contributed by atoms with Crippen LogP contribution in [0, 0.1) is 0 Å². The van der Waals surface area contributed by atoms with Gasteiger partial charge in [0.05, 0.1) is 0 Å². The molecule has 0 aromatic carbocycles. The van der Waals surface area contributed by atoms with Gasteiger partial charge in [-0.15, -0.1) is 46.4 Å². The van der Waals surface area contributed by atoms with Gasteiger partial charge in [0.2, 0.25) is 7.59 Å². The number of halogens is 10. The number of hydrogen-bond acceptors (Lipinski definition) is 0. The lowest BCUT2D eigenvalue weighted by Crippen LogP contribution is -2.11. The molecule has 0 aliphatic carbocycles. The number of alkyl halides is 10. The van der Waals surface area contributed by atoms with Crippen molar-refractivity contribution in [1.82, 2.24) is 0 Å². The third-order valence-electron chi connectivity index (χ3n) is 0.495. The monoisotopic (exact) mass is 418 g/mol. The molecule has 0 saturated heterocycles. The van der Waals surface area contributed by atoms with E-state index in [-0.39, 0.29) is 5.48 Å². The maximum Gasteiger partial charge on any atom is 0.220 e. The molecule has 1 nitrogen and oxygen atoms in total. The van der Waals surface area contributed by atoms with Crippen LogP contribution in [-0.4, -0.2) is 22.7 Å². The normalized spacial score (nSPS) is 12.0. The maximum absolute atomic E-state index is 5.14. The van der Waals surface area contributed by atoms with Crippen molar-refractivity contribution in [2.45, 2.75) is 17.3 Å². The third kappa shape index (κ3) is 16.9. The molecule has 0 spiro atoms. The van der Waals surface area contributed by atoms with Crippen molar-refractivity contribution in [2.75, 3.05) is 0 Å². The summed E-state index contributed by atoms with van der Waals surface area (Å²) in [4.78, 5) is -1.92. The summed E-state index contributed by atoms with van der Waals surface area (Å²) < 4.78 is -3.10. The van der Waals surface area contributed by atoms with Crippen LogP contribution in [0.15, 0.2) is 0 Å². The molecule has 0 aromatic heterocycles. The van der Waals surface area contributed by atoms with Gasteiger partial charge in [0.15, 0.2) is 9.67 Å². The molecule has 2 N–H and O–H groups in total. The van der Waals surface area contributed by atoms with Crippen LogP contribution in [0.2, 0.25) is 0 Å². The van der Waals surface area contributed by atoms with Crippen LogP contribution in [0.25, 0.3) is 0 Å². The summed E-state index contributed by atoms with van der Waals surface area (Å²) in [7, 11) is 0. The fourth-order valence-corrected chi connectivity index (χ4v) is 0. The summed E-state index contributed by atoms with van der Waals surface area (Å²) in [6.45, 7) is 0. The summed E-state index contributed by atoms with van der Waals surface area (Å²) in [5.41, 5.74) is 0. The molecule has 0 radical (unpaired) electrons. The minimum absolute atomic E-state index is 0. The van der Waals surface area contributed by atoms with Crippen LogP contribution >= 0.6 is 116 Å². The Bertz CT molecular complexity index is 126. The summed E-state index contributed by atoms with van der Waals surface area (Å²) in [5.74, 6) is 0. The SMILES string of the molecule is ClC(Cl)C(Cl)(Cl)Cl.ClC(Cl)C(Cl)(Cl)Cl.O. The minimum Gasteiger partial charge on any atom is -0.412 e. The molecule has 11 heteroatoms. The van der Waals surface area contributed by atoms with Gasteiger partial charge in [-0.3, -0.25) is 0 Å². The molecule has 0 unspecified atom stereocenters. The van der Waals surface area contributed by atoms with E-state index in [1.54, 1.807) is 0 Å². The van der Waals surface area contributed by atoms with Crippen LogP contribution in [0.1, 0.15) is 0 Å². The smallest absolute Gasteiger partial charge is 0.220 e. The Morgan fingerprint density at radius 1 is 0.533 bits per heavy atom. The van der Waals surface area contributed by atoms with E-state index in [4.69, 9.17) is 116 Å². The molecule has 0 heterocycles. The van der Waals surface area contributed by atoms with Crippen molar-refractivity contribution in [1.29, 1.82) is 0 Å². The van der Waals surface area contributed by atoms with E-state index in [0.717, 1.165) is 0 Å². The zero-order valence-corrected chi connectivity index (χ0v) is 14.0. The molecule has 96 valence electrons. The molecular weight excluding hydrogens is 419 g/mol. The van der Waals surface area contributed by atoms with E-state index in [0.29, 0.717) is 0 Å². The Balaban J connectivity index is -0.000000180. The van der Waals surface area contributed by atoms with Crippen LogP contribution in [0.3, 0.4) is 0 Å². The fourth-order valence-electron chi connectivity index (χ4n) is 0. The molecule has 0 fully saturated rings. The molecule has 0 rings (SSSR count). The molecule has 0 amide bonds. The number of rotatable bonds is 0. The highest BCUT2D eigenvalue weighted by atomic mass is 35.6. The topological polar surface area (TPSA) is 31.5 Å². The summed E-state index contributed by atoms with van der Waals surface area (Å²) in [5, 5.41) is 0. The number of hydrogen-bond donors (Lipinski definition) is 0. The highest BCUT2D eigenvalue weighted by Gasteiger charge is 2.28. The molecule has 0 aromatic rings. The molecule has 0 aliphatic rings. The molecular formula is C4H4Cl10O. The highest BCUT2D eigenvalue weighted by Crippen LogP contribution is 2.36. The Morgan fingerprint density at radius 3 is 0.600 bits per heavy atom. The maximum atomic E-state index is 5.14. The highest BCUT2D eigenvalue weighted by molar-refractivity contribution is 6.74. The van der Waals surface area contributed by atoms with Crippen molar-refractivity contribution in [3.05, 3.63) is 0 Å². The Labute approximate surface area is 137 Å². The van der Waals surface area contributed by atoms with Crippen LogP contribution in [0.4, 0.5) is 0 Å². The van der Waals surface area contributed by atoms with E-state index in [2.05, 4.69) is 0 Å². The largest absolute Gasteiger partial charge is 0.412 e. The zero-order valence-electron chi connectivity index (χ0n) is 6.43. The predicted molar refractivity (Wildman–Crippen MR) is 75.2 cm³/mol. The van der Waals surface area contributed by atoms with Gasteiger partial charge in [0.25, 0.3) is 0 Å². The van der Waals surface area contributed by atoms with Gasteiger partial charge < -0.3 is 5.48 Å². The molecule has 15 heavy (non-hydrogen) atoms. The average molecular weight is 423 g/mol. The standard InChI is InChI=1S/2C2HCl5.H2O/c2*3-1(4)2(5,6)7;/h2*1H;1H2. The Hall–Kier alpha value is 2.86. The van der Waals surface area contributed by atoms with E-state index in [1.807, 2.05) is 0 Å². The van der Waals surface area contributed by atoms with Gasteiger partial charge in [0.1, 0.15) is 0 Å². The van der Waals surface area contributed by atoms with Gasteiger partial charge in [-0.1, -0.05) is 69.6 Å². The lowest BCUT2D eigenvalue weighted by Gasteiger charge is -2.09. The second kappa shape index (κ2) is 9.75. The Kier molecular flexibility index (Phi) is 14.9. The molecule has 0 bridgehead atoms. The molecule has 0 aliphatic heterocycles. The van der Waals surface area contributed by atoms with Crippen LogP contribution in [-0.2, 0) is 0 Å². The van der Waals surface area contributed by atoms with E-state index in [9.17, 15) is 0 Å². The minimum atomic E-state index is -1.55. The Morgan fingerprint density at radius 2 is 0.600 bits per heavy atom. The molecule has 0 atom stereocenters. The first-order valence-electron chi connectivity index (χ1n) is 2.58. The van der Waals surface area contributed by atoms with Crippen molar-refractivity contribution in [3.63, 3.8) is 0 Å². The lowest BCUT2D eigenvalue weighted by atomic mass is 10.9. The second-order valence-corrected chi connectivity index (χ2v) is 8.62. The summed E-state index contributed by atoms with van der Waals surface area (Å²) in [6.07, 6.45) is 0. The first-order chi connectivity index (χ1) is 5.89. The van der Waals surface area contributed by atoms with Crippen molar-refractivity contribution < 1.29 is 5.48 Å². The van der Waals surface area contributed by atoms with Gasteiger partial charge in [0, 0.05) is 0 Å². The van der Waals surface area contributed by atoms with E-state index in [1.165, 1.54) is 0 Å². The zero-order chi connectivity index (χ0) is 12.2. The second-order valence-electron chi connectivity index (χ2n) is 1.68. The van der Waals surface area contributed by atoms with Crippen molar-refractivity contribution in [3.8, 4) is 0 Å². The van der Waals surface area contributed by atoms with Gasteiger partial charge >= 0.3 is 0 Å². The first-order valence-corrected chi connectivity index (χ1v) is 6.60. The van der Waals surface area contributed by atoms with Gasteiger partial charge in [-0.2, -0.15) is 0 Å². The van der Waals surface area contributed by atoms with Crippen LogP contribution < -0.4 is 0 Å². The van der Waals surface area contributed by atoms with E-state index < -0.39 is 17.3 Å². The summed E-state index contributed by atoms with van der Waals surface area (Å²) >= 11 is 51.3. The van der Waals surface area contributed by atoms with Gasteiger partial charge in [-0.25, -0.2) is 0 Å². The van der Waals surface area contributed by atoms with Crippen molar-refractivity contribution in [2.24, 2.45) is 0 Å².